The van der Waals surface area contributed by atoms with Crippen molar-refractivity contribution in [2.75, 3.05) is 0 Å². The molecule has 0 atom stereocenters. The molecule has 0 unspecified atom stereocenters. The van der Waals surface area contributed by atoms with Gasteiger partial charge in [0, 0.05) is 18.7 Å². The molecule has 1 aliphatic carbocycles. The maximum Gasteiger partial charge on any atom is 0.133 e. The largest absolute Gasteiger partial charge is 0.361 e. The van der Waals surface area contributed by atoms with Crippen LogP contribution < -0.4 is 5.32 Å². The Hall–Kier alpha value is -2.12. The Morgan fingerprint density at radius 2 is 2.15 bits per heavy atom. The Kier molecular flexibility index (Phi) is 3.29. The van der Waals surface area contributed by atoms with Crippen LogP contribution in [-0.4, -0.2) is 11.2 Å². The van der Waals surface area contributed by atoms with Crippen LogP contribution in [0.1, 0.15) is 29.9 Å². The average molecular weight is 267 g/mol. The number of nitriles is 1. The number of nitrogens with zero attached hydrogens (tertiary/aromatic N) is 2. The third kappa shape index (κ3) is 2.33. The number of aryl methyl sites for hydroxylation is 1. The SMILES string of the molecule is Cc1cc(CNC2CC(C#N)(c3ccccc3)C2)no1. The van der Waals surface area contributed by atoms with Crippen LogP contribution >= 0.6 is 0 Å². The van der Waals surface area contributed by atoms with Crippen molar-refractivity contribution in [3.8, 4) is 6.07 Å². The van der Waals surface area contributed by atoms with Gasteiger partial charge < -0.3 is 9.84 Å². The van der Waals surface area contributed by atoms with E-state index in [2.05, 4.69) is 16.5 Å². The van der Waals surface area contributed by atoms with Crippen molar-refractivity contribution < 1.29 is 4.52 Å². The van der Waals surface area contributed by atoms with Gasteiger partial charge >= 0.3 is 0 Å². The highest BCUT2D eigenvalue weighted by Gasteiger charge is 2.45. The van der Waals surface area contributed by atoms with Gasteiger partial charge in [-0.15, -0.1) is 0 Å². The van der Waals surface area contributed by atoms with Crippen molar-refractivity contribution in [1.82, 2.24) is 10.5 Å². The number of rotatable bonds is 4. The van der Waals surface area contributed by atoms with E-state index in [1.165, 1.54) is 0 Å². The molecule has 102 valence electrons. The van der Waals surface area contributed by atoms with E-state index in [0.717, 1.165) is 29.9 Å². The maximum absolute atomic E-state index is 9.49. The molecule has 0 bridgehead atoms. The molecule has 0 aliphatic heterocycles. The topological polar surface area (TPSA) is 61.9 Å². The van der Waals surface area contributed by atoms with Crippen molar-refractivity contribution in [1.29, 1.82) is 5.26 Å². The molecule has 1 aromatic heterocycles. The van der Waals surface area contributed by atoms with Crippen molar-refractivity contribution in [3.05, 3.63) is 53.4 Å². The van der Waals surface area contributed by atoms with Crippen molar-refractivity contribution in [2.45, 2.75) is 37.8 Å². The van der Waals surface area contributed by atoms with Crippen LogP contribution in [0.2, 0.25) is 0 Å². The van der Waals surface area contributed by atoms with Crippen LogP contribution in [0.15, 0.2) is 40.9 Å². The molecular weight excluding hydrogens is 250 g/mol. The molecule has 1 aliphatic rings. The number of nitrogens with one attached hydrogen (secondary N) is 1. The molecule has 0 spiro atoms. The summed E-state index contributed by atoms with van der Waals surface area (Å²) < 4.78 is 5.04. The molecule has 1 saturated carbocycles. The lowest BCUT2D eigenvalue weighted by atomic mass is 9.62. The second-order valence-corrected chi connectivity index (χ2v) is 5.47. The molecule has 1 N–H and O–H groups in total. The van der Waals surface area contributed by atoms with E-state index in [-0.39, 0.29) is 5.41 Å². The summed E-state index contributed by atoms with van der Waals surface area (Å²) in [6.45, 7) is 2.58. The highest BCUT2D eigenvalue weighted by atomic mass is 16.5. The van der Waals surface area contributed by atoms with E-state index < -0.39 is 0 Å². The van der Waals surface area contributed by atoms with E-state index in [1.54, 1.807) is 0 Å². The first-order chi connectivity index (χ1) is 9.72. The van der Waals surface area contributed by atoms with E-state index in [0.29, 0.717) is 12.6 Å². The van der Waals surface area contributed by atoms with E-state index >= 15 is 0 Å². The quantitative estimate of drug-likeness (QED) is 0.925. The standard InChI is InChI=1S/C16H17N3O/c1-12-7-14(19-20-12)10-18-15-8-16(9-15,11-17)13-5-3-2-4-6-13/h2-7,15,18H,8-10H2,1H3. The summed E-state index contributed by atoms with van der Waals surface area (Å²) >= 11 is 0. The van der Waals surface area contributed by atoms with Crippen LogP contribution in [0.25, 0.3) is 0 Å². The smallest absolute Gasteiger partial charge is 0.133 e. The molecule has 2 aromatic rings. The highest BCUT2D eigenvalue weighted by Crippen LogP contribution is 2.43. The number of aromatic nitrogens is 1. The maximum atomic E-state index is 9.49. The molecule has 3 rings (SSSR count). The molecular formula is C16H17N3O. The summed E-state index contributed by atoms with van der Waals surface area (Å²) in [6, 6.07) is 14.8. The van der Waals surface area contributed by atoms with Gasteiger partial charge in [0.15, 0.2) is 0 Å². The van der Waals surface area contributed by atoms with Crippen LogP contribution in [-0.2, 0) is 12.0 Å². The molecule has 1 heterocycles. The van der Waals surface area contributed by atoms with Gasteiger partial charge in [0.1, 0.15) is 5.76 Å². The summed E-state index contributed by atoms with van der Waals surface area (Å²) in [5.41, 5.74) is 1.72. The molecule has 20 heavy (non-hydrogen) atoms. The van der Waals surface area contributed by atoms with Gasteiger partial charge in [0.25, 0.3) is 0 Å². The van der Waals surface area contributed by atoms with Crippen LogP contribution in [0.5, 0.6) is 0 Å². The molecule has 0 saturated heterocycles. The van der Waals surface area contributed by atoms with Gasteiger partial charge in [-0.1, -0.05) is 35.5 Å². The first-order valence-electron chi connectivity index (χ1n) is 6.84. The molecule has 0 radical (unpaired) electrons. The van der Waals surface area contributed by atoms with Gasteiger partial charge in [-0.05, 0) is 25.3 Å². The van der Waals surface area contributed by atoms with Crippen LogP contribution in [0, 0.1) is 18.3 Å². The zero-order chi connectivity index (χ0) is 14.0. The lowest BCUT2D eigenvalue weighted by Crippen LogP contribution is -2.50. The Balaban J connectivity index is 1.58. The molecule has 4 heteroatoms. The minimum Gasteiger partial charge on any atom is -0.361 e. The fraction of sp³-hybridized carbons (Fsp3) is 0.375. The second kappa shape index (κ2) is 5.10. The van der Waals surface area contributed by atoms with E-state index in [4.69, 9.17) is 4.52 Å². The fourth-order valence-corrected chi connectivity index (χ4v) is 2.82. The molecule has 0 amide bonds. The lowest BCUT2D eigenvalue weighted by Gasteiger charge is -2.43. The number of hydrogen-bond donors (Lipinski definition) is 1. The summed E-state index contributed by atoms with van der Waals surface area (Å²) in [7, 11) is 0. The van der Waals surface area contributed by atoms with Gasteiger partial charge in [0.2, 0.25) is 0 Å². The van der Waals surface area contributed by atoms with Gasteiger partial charge in [-0.3, -0.25) is 0 Å². The Morgan fingerprint density at radius 3 is 2.75 bits per heavy atom. The van der Waals surface area contributed by atoms with Gasteiger partial charge in [0.05, 0.1) is 17.2 Å². The zero-order valence-corrected chi connectivity index (χ0v) is 11.5. The summed E-state index contributed by atoms with van der Waals surface area (Å²) in [5, 5.41) is 16.9. The van der Waals surface area contributed by atoms with Gasteiger partial charge in [-0.2, -0.15) is 5.26 Å². The van der Waals surface area contributed by atoms with E-state index in [1.807, 2.05) is 43.3 Å². The molecule has 4 nitrogen and oxygen atoms in total. The third-order valence-corrected chi connectivity index (χ3v) is 3.98. The second-order valence-electron chi connectivity index (χ2n) is 5.47. The van der Waals surface area contributed by atoms with Crippen molar-refractivity contribution >= 4 is 0 Å². The minimum atomic E-state index is -0.321. The van der Waals surface area contributed by atoms with Crippen LogP contribution in [0.3, 0.4) is 0 Å². The Labute approximate surface area is 118 Å². The van der Waals surface area contributed by atoms with Crippen molar-refractivity contribution in [3.63, 3.8) is 0 Å². The number of benzene rings is 1. The molecule has 1 aromatic carbocycles. The van der Waals surface area contributed by atoms with Crippen molar-refractivity contribution in [2.24, 2.45) is 0 Å². The Bertz CT molecular complexity index is 621. The summed E-state index contributed by atoms with van der Waals surface area (Å²) in [5.74, 6) is 0.825. The zero-order valence-electron chi connectivity index (χ0n) is 11.5. The first kappa shape index (κ1) is 12.9. The predicted octanol–water partition coefficient (Wildman–Crippen LogP) is 2.70. The molecule has 1 fully saturated rings. The normalized spacial score (nSPS) is 24.9. The highest BCUT2D eigenvalue weighted by molar-refractivity contribution is 5.36. The summed E-state index contributed by atoms with van der Waals surface area (Å²) in [4.78, 5) is 0. The van der Waals surface area contributed by atoms with Gasteiger partial charge in [-0.25, -0.2) is 0 Å². The fourth-order valence-electron chi connectivity index (χ4n) is 2.82. The summed E-state index contributed by atoms with van der Waals surface area (Å²) in [6.07, 6.45) is 1.70. The van der Waals surface area contributed by atoms with Crippen LogP contribution in [0.4, 0.5) is 0 Å². The van der Waals surface area contributed by atoms with E-state index in [9.17, 15) is 5.26 Å². The first-order valence-corrected chi connectivity index (χ1v) is 6.84. The number of hydrogen-bond acceptors (Lipinski definition) is 4. The monoisotopic (exact) mass is 267 g/mol. The predicted molar refractivity (Wildman–Crippen MR) is 74.8 cm³/mol. The average Bonchev–Trinajstić information content (AvgIpc) is 2.85. The third-order valence-electron chi connectivity index (χ3n) is 3.98. The minimum absolute atomic E-state index is 0.321. The Morgan fingerprint density at radius 1 is 1.40 bits per heavy atom. The lowest BCUT2D eigenvalue weighted by molar-refractivity contribution is 0.224.